The molecule has 1 aliphatic heterocycles. The van der Waals surface area contributed by atoms with Crippen LogP contribution in [-0.2, 0) is 4.79 Å². The zero-order valence-electron chi connectivity index (χ0n) is 13.8. The first-order chi connectivity index (χ1) is 13.1. The van der Waals surface area contributed by atoms with Crippen LogP contribution < -0.4 is 4.90 Å². The van der Waals surface area contributed by atoms with Crippen LogP contribution in [0, 0.1) is 15.9 Å². The number of nitro groups is 1. The largest absolute Gasteiger partial charge is 0.480 e. The van der Waals surface area contributed by atoms with Crippen molar-refractivity contribution in [2.24, 2.45) is 0 Å². The minimum Gasteiger partial charge on any atom is -0.480 e. The molecule has 1 amide bonds. The van der Waals surface area contributed by atoms with Gasteiger partial charge in [0.05, 0.1) is 21.0 Å². The highest BCUT2D eigenvalue weighted by Gasteiger charge is 2.38. The number of anilines is 1. The molecule has 28 heavy (non-hydrogen) atoms. The van der Waals surface area contributed by atoms with Crippen molar-refractivity contribution in [1.29, 1.82) is 0 Å². The zero-order chi connectivity index (χ0) is 20.7. The van der Waals surface area contributed by atoms with E-state index in [1.165, 1.54) is 11.0 Å². The van der Waals surface area contributed by atoms with Crippen LogP contribution in [0.15, 0.2) is 16.7 Å². The SMILES string of the molecule is O=C(O)[C@H]1CN(C(=O)O)CCN1c1c([N+](=O)[O-])cnc2c(F)c(Br)c(Cl)cc12. The molecule has 0 radical (unpaired) electrons. The first kappa shape index (κ1) is 20.0. The summed E-state index contributed by atoms with van der Waals surface area (Å²) in [5.41, 5.74) is -0.956. The van der Waals surface area contributed by atoms with Crippen molar-refractivity contribution in [1.82, 2.24) is 9.88 Å². The minimum atomic E-state index is -1.42. The normalized spacial score (nSPS) is 17.0. The van der Waals surface area contributed by atoms with Crippen LogP contribution in [0.2, 0.25) is 5.02 Å². The molecule has 0 spiro atoms. The summed E-state index contributed by atoms with van der Waals surface area (Å²) in [5, 5.41) is 30.1. The number of aliphatic carboxylic acids is 1. The van der Waals surface area contributed by atoms with E-state index in [1.54, 1.807) is 0 Å². The number of hydrogen-bond acceptors (Lipinski definition) is 6. The molecule has 2 aromatic rings. The Kier molecular flexibility index (Phi) is 5.26. The topological polar surface area (TPSA) is 137 Å². The van der Waals surface area contributed by atoms with Gasteiger partial charge in [0.15, 0.2) is 5.82 Å². The number of carbonyl (C=O) groups is 2. The van der Waals surface area contributed by atoms with E-state index in [4.69, 9.17) is 16.7 Å². The number of hydrogen-bond donors (Lipinski definition) is 2. The molecule has 0 saturated carbocycles. The molecule has 1 saturated heterocycles. The summed E-state index contributed by atoms with van der Waals surface area (Å²) in [6.07, 6.45) is -0.471. The van der Waals surface area contributed by atoms with Gasteiger partial charge in [-0.3, -0.25) is 10.1 Å². The second-order valence-corrected chi connectivity index (χ2v) is 7.11. The van der Waals surface area contributed by atoms with Gasteiger partial charge in [-0.1, -0.05) is 11.6 Å². The van der Waals surface area contributed by atoms with E-state index in [0.29, 0.717) is 0 Å². The van der Waals surface area contributed by atoms with Gasteiger partial charge in [0, 0.05) is 18.5 Å². The number of pyridine rings is 1. The fourth-order valence-corrected chi connectivity index (χ4v) is 3.58. The predicted octanol–water partition coefficient (Wildman–Crippen LogP) is 2.95. The first-order valence-corrected chi connectivity index (χ1v) is 8.88. The number of rotatable bonds is 3. The number of halogens is 3. The number of fused-ring (bicyclic) bond motifs is 1. The Morgan fingerprint density at radius 2 is 2.07 bits per heavy atom. The van der Waals surface area contributed by atoms with E-state index in [1.807, 2.05) is 0 Å². The van der Waals surface area contributed by atoms with Crippen LogP contribution in [0.3, 0.4) is 0 Å². The monoisotopic (exact) mass is 476 g/mol. The number of amides is 1. The molecule has 0 bridgehead atoms. The van der Waals surface area contributed by atoms with Crippen LogP contribution in [0.1, 0.15) is 0 Å². The van der Waals surface area contributed by atoms with E-state index < -0.39 is 41.1 Å². The average Bonchev–Trinajstić information content (AvgIpc) is 2.64. The van der Waals surface area contributed by atoms with Crippen LogP contribution in [0.25, 0.3) is 10.9 Å². The van der Waals surface area contributed by atoms with Crippen LogP contribution in [-0.4, -0.2) is 62.8 Å². The maximum Gasteiger partial charge on any atom is 0.407 e. The van der Waals surface area contributed by atoms with E-state index in [0.717, 1.165) is 11.1 Å². The van der Waals surface area contributed by atoms with E-state index in [-0.39, 0.29) is 39.2 Å². The standard InChI is InChI=1S/C15H11BrClFN4O6/c16-10-7(17)3-6-12(11(10)18)19-4-8(22(27)28)13(6)21-2-1-20(15(25)26)5-9(21)14(23)24/h3-4,9H,1-2,5H2,(H,23,24)(H,25,26)/t9-/m1/s1. The molecule has 13 heteroatoms. The number of aromatic nitrogens is 1. The molecule has 1 fully saturated rings. The zero-order valence-corrected chi connectivity index (χ0v) is 16.1. The third-order valence-electron chi connectivity index (χ3n) is 4.37. The van der Waals surface area contributed by atoms with Gasteiger partial charge in [-0.2, -0.15) is 0 Å². The van der Waals surface area contributed by atoms with Crippen molar-refractivity contribution in [2.75, 3.05) is 24.5 Å². The highest BCUT2D eigenvalue weighted by Crippen LogP contribution is 2.41. The van der Waals surface area contributed by atoms with Crippen molar-refractivity contribution in [2.45, 2.75) is 6.04 Å². The van der Waals surface area contributed by atoms with E-state index >= 15 is 0 Å². The summed E-state index contributed by atoms with van der Waals surface area (Å²) < 4.78 is 14.5. The Hall–Kier alpha value is -2.73. The third-order valence-corrected chi connectivity index (χ3v) is 5.67. The predicted molar refractivity (Wildman–Crippen MR) is 99.4 cm³/mol. The lowest BCUT2D eigenvalue weighted by atomic mass is 10.1. The van der Waals surface area contributed by atoms with Gasteiger partial charge in [0.1, 0.15) is 23.4 Å². The molecule has 3 rings (SSSR count). The highest BCUT2D eigenvalue weighted by atomic mass is 79.9. The highest BCUT2D eigenvalue weighted by molar-refractivity contribution is 9.10. The Bertz CT molecular complexity index is 1020. The van der Waals surface area contributed by atoms with Gasteiger partial charge in [0.25, 0.3) is 0 Å². The summed E-state index contributed by atoms with van der Waals surface area (Å²) in [4.78, 5) is 39.6. The molecule has 1 aliphatic rings. The molecule has 0 unspecified atom stereocenters. The van der Waals surface area contributed by atoms with Crippen molar-refractivity contribution >= 4 is 61.9 Å². The molecule has 1 aromatic carbocycles. The van der Waals surface area contributed by atoms with Crippen molar-refractivity contribution in [3.8, 4) is 0 Å². The summed E-state index contributed by atoms with van der Waals surface area (Å²) >= 11 is 8.96. The first-order valence-electron chi connectivity index (χ1n) is 7.71. The Labute approximate surface area is 169 Å². The van der Waals surface area contributed by atoms with Crippen LogP contribution in [0.4, 0.5) is 20.6 Å². The van der Waals surface area contributed by atoms with Gasteiger partial charge in [-0.25, -0.2) is 19.0 Å². The van der Waals surface area contributed by atoms with Crippen molar-refractivity contribution < 1.29 is 29.1 Å². The molecule has 2 N–H and O–H groups in total. The van der Waals surface area contributed by atoms with Gasteiger partial charge in [-0.15, -0.1) is 0 Å². The van der Waals surface area contributed by atoms with E-state index in [2.05, 4.69) is 20.9 Å². The Morgan fingerprint density at radius 1 is 1.39 bits per heavy atom. The molecular weight excluding hydrogens is 467 g/mol. The molecule has 0 aliphatic carbocycles. The van der Waals surface area contributed by atoms with Gasteiger partial charge >= 0.3 is 17.7 Å². The number of carboxylic acids is 1. The number of nitrogens with zero attached hydrogens (tertiary/aromatic N) is 4. The lowest BCUT2D eigenvalue weighted by molar-refractivity contribution is -0.384. The molecule has 1 aromatic heterocycles. The maximum absolute atomic E-state index is 14.6. The molecule has 148 valence electrons. The van der Waals surface area contributed by atoms with Crippen LogP contribution in [0.5, 0.6) is 0 Å². The number of benzene rings is 1. The van der Waals surface area contributed by atoms with E-state index in [9.17, 15) is 29.2 Å². The molecule has 1 atom stereocenters. The number of carboxylic acid groups (broad SMARTS) is 2. The summed E-state index contributed by atoms with van der Waals surface area (Å²) in [6, 6.07) is -0.165. The Balaban J connectivity index is 2.28. The fraction of sp³-hybridized carbons (Fsp3) is 0.267. The second kappa shape index (κ2) is 7.36. The summed E-state index contributed by atoms with van der Waals surface area (Å²) in [6.45, 7) is -0.663. The smallest absolute Gasteiger partial charge is 0.407 e. The maximum atomic E-state index is 14.6. The lowest BCUT2D eigenvalue weighted by Gasteiger charge is -2.39. The van der Waals surface area contributed by atoms with Gasteiger partial charge in [-0.05, 0) is 22.0 Å². The van der Waals surface area contributed by atoms with Crippen molar-refractivity contribution in [3.05, 3.63) is 37.7 Å². The van der Waals surface area contributed by atoms with Crippen LogP contribution >= 0.6 is 27.5 Å². The number of piperazine rings is 1. The minimum absolute atomic E-state index is 0.0464. The third kappa shape index (κ3) is 3.29. The second-order valence-electron chi connectivity index (χ2n) is 5.91. The molecular formula is C15H11BrClFN4O6. The fourth-order valence-electron chi connectivity index (χ4n) is 3.09. The Morgan fingerprint density at radius 3 is 2.64 bits per heavy atom. The van der Waals surface area contributed by atoms with Crippen molar-refractivity contribution in [3.63, 3.8) is 0 Å². The summed E-state index contributed by atoms with van der Waals surface area (Å²) in [5.74, 6) is -2.23. The van der Waals surface area contributed by atoms with Gasteiger partial charge in [0.2, 0.25) is 0 Å². The average molecular weight is 478 g/mol. The lowest BCUT2D eigenvalue weighted by Crippen LogP contribution is -2.58. The molecule has 10 nitrogen and oxygen atoms in total. The molecule has 2 heterocycles. The van der Waals surface area contributed by atoms with Gasteiger partial charge < -0.3 is 20.0 Å². The summed E-state index contributed by atoms with van der Waals surface area (Å²) in [7, 11) is 0. The quantitative estimate of drug-likeness (QED) is 0.391.